The first-order chi connectivity index (χ1) is 8.68. The fourth-order valence-corrected chi connectivity index (χ4v) is 2.64. The zero-order valence-corrected chi connectivity index (χ0v) is 11.0. The molecular formula is C13H22N2O3. The van der Waals surface area contributed by atoms with E-state index in [9.17, 15) is 9.59 Å². The van der Waals surface area contributed by atoms with Gasteiger partial charge in [0.1, 0.15) is 6.04 Å². The number of nitrogens with one attached hydrogen (secondary N) is 1. The van der Waals surface area contributed by atoms with Crippen LogP contribution < -0.4 is 5.32 Å². The highest BCUT2D eigenvalue weighted by Crippen LogP contribution is 2.20. The second kappa shape index (κ2) is 6.18. The summed E-state index contributed by atoms with van der Waals surface area (Å²) in [5.41, 5.74) is 0. The van der Waals surface area contributed by atoms with Crippen molar-refractivity contribution >= 4 is 11.8 Å². The van der Waals surface area contributed by atoms with Crippen LogP contribution in [0.2, 0.25) is 0 Å². The highest BCUT2D eigenvalue weighted by molar-refractivity contribution is 5.94. The first kappa shape index (κ1) is 13.3. The largest absolute Gasteiger partial charge is 0.376 e. The molecule has 0 aromatic carbocycles. The third-order valence-electron chi connectivity index (χ3n) is 3.82. The summed E-state index contributed by atoms with van der Waals surface area (Å²) in [6.45, 7) is 2.93. The van der Waals surface area contributed by atoms with E-state index in [-0.39, 0.29) is 24.4 Å². The number of hydrogen-bond donors (Lipinski definition) is 1. The van der Waals surface area contributed by atoms with Crippen LogP contribution in [0.4, 0.5) is 0 Å². The van der Waals surface area contributed by atoms with Crippen molar-refractivity contribution in [3.63, 3.8) is 0 Å². The maximum Gasteiger partial charge on any atom is 0.242 e. The molecule has 1 saturated carbocycles. The van der Waals surface area contributed by atoms with Gasteiger partial charge in [0.05, 0.1) is 19.3 Å². The molecule has 5 heteroatoms. The van der Waals surface area contributed by atoms with Crippen LogP contribution in [0.15, 0.2) is 0 Å². The predicted molar refractivity (Wildman–Crippen MR) is 67.0 cm³/mol. The first-order valence-electron chi connectivity index (χ1n) is 6.87. The van der Waals surface area contributed by atoms with Crippen molar-refractivity contribution in [3.05, 3.63) is 0 Å². The molecule has 102 valence electrons. The van der Waals surface area contributed by atoms with Crippen LogP contribution in [-0.2, 0) is 14.3 Å². The molecule has 1 aliphatic carbocycles. The number of carbonyl (C=O) groups excluding carboxylic acids is 2. The lowest BCUT2D eigenvalue weighted by molar-refractivity contribution is -0.146. The summed E-state index contributed by atoms with van der Waals surface area (Å²) in [5, 5.41) is 2.58. The van der Waals surface area contributed by atoms with Crippen molar-refractivity contribution in [1.82, 2.24) is 10.2 Å². The summed E-state index contributed by atoms with van der Waals surface area (Å²) in [6.07, 6.45) is 6.40. The van der Waals surface area contributed by atoms with E-state index in [2.05, 4.69) is 5.32 Å². The Balaban J connectivity index is 1.74. The van der Waals surface area contributed by atoms with E-state index in [0.29, 0.717) is 19.3 Å². The van der Waals surface area contributed by atoms with E-state index in [1.54, 1.807) is 11.8 Å². The van der Waals surface area contributed by atoms with Gasteiger partial charge in [0.25, 0.3) is 0 Å². The van der Waals surface area contributed by atoms with Crippen LogP contribution in [0.1, 0.15) is 39.0 Å². The molecule has 5 nitrogen and oxygen atoms in total. The second-order valence-electron chi connectivity index (χ2n) is 5.11. The zero-order valence-electron chi connectivity index (χ0n) is 11.0. The van der Waals surface area contributed by atoms with Gasteiger partial charge in [-0.15, -0.1) is 0 Å². The average molecular weight is 254 g/mol. The van der Waals surface area contributed by atoms with E-state index in [4.69, 9.17) is 4.74 Å². The summed E-state index contributed by atoms with van der Waals surface area (Å²) in [4.78, 5) is 24.8. The lowest BCUT2D eigenvalue weighted by Gasteiger charge is -2.33. The minimum atomic E-state index is -0.374. The molecule has 18 heavy (non-hydrogen) atoms. The van der Waals surface area contributed by atoms with E-state index >= 15 is 0 Å². The standard InChI is InChI=1S/C13H22N2O3/c1-10-13(17)14-9-12(16)15(10)7-8-18-11-5-3-2-4-6-11/h10-11H,2-9H2,1H3,(H,14,17). The van der Waals surface area contributed by atoms with Crippen molar-refractivity contribution in [2.45, 2.75) is 51.2 Å². The molecule has 1 atom stereocenters. The van der Waals surface area contributed by atoms with Crippen LogP contribution >= 0.6 is 0 Å². The molecule has 2 amide bonds. The Kier molecular flexibility index (Phi) is 4.58. The fourth-order valence-electron chi connectivity index (χ4n) is 2.64. The Morgan fingerprint density at radius 3 is 2.72 bits per heavy atom. The molecule has 2 rings (SSSR count). The number of hydrogen-bond acceptors (Lipinski definition) is 3. The number of ether oxygens (including phenoxy) is 1. The number of rotatable bonds is 4. The van der Waals surface area contributed by atoms with E-state index < -0.39 is 0 Å². The van der Waals surface area contributed by atoms with Gasteiger partial charge in [-0.1, -0.05) is 19.3 Å². The molecule has 0 aromatic rings. The number of nitrogens with zero attached hydrogens (tertiary/aromatic N) is 1. The Hall–Kier alpha value is -1.10. The SMILES string of the molecule is CC1C(=O)NCC(=O)N1CCOC1CCCCC1. The number of carbonyl (C=O) groups is 2. The fraction of sp³-hybridized carbons (Fsp3) is 0.846. The van der Waals surface area contributed by atoms with Crippen molar-refractivity contribution in [3.8, 4) is 0 Å². The first-order valence-corrected chi connectivity index (χ1v) is 6.87. The molecule has 2 aliphatic rings. The van der Waals surface area contributed by atoms with Gasteiger partial charge in [-0.2, -0.15) is 0 Å². The minimum Gasteiger partial charge on any atom is -0.376 e. The molecule has 2 fully saturated rings. The smallest absolute Gasteiger partial charge is 0.242 e. The van der Waals surface area contributed by atoms with Gasteiger partial charge in [-0.25, -0.2) is 0 Å². The van der Waals surface area contributed by atoms with Crippen molar-refractivity contribution in [2.24, 2.45) is 0 Å². The number of amides is 2. The Morgan fingerprint density at radius 1 is 1.28 bits per heavy atom. The lowest BCUT2D eigenvalue weighted by Crippen LogP contribution is -2.57. The Labute approximate surface area is 108 Å². The van der Waals surface area contributed by atoms with Gasteiger partial charge in [0.15, 0.2) is 0 Å². The summed E-state index contributed by atoms with van der Waals surface area (Å²) in [6, 6.07) is -0.374. The van der Waals surface area contributed by atoms with Gasteiger partial charge in [0.2, 0.25) is 11.8 Å². The highest BCUT2D eigenvalue weighted by Gasteiger charge is 2.30. The second-order valence-corrected chi connectivity index (χ2v) is 5.11. The minimum absolute atomic E-state index is 0.0191. The van der Waals surface area contributed by atoms with Gasteiger partial charge < -0.3 is 15.0 Å². The van der Waals surface area contributed by atoms with Crippen molar-refractivity contribution in [2.75, 3.05) is 19.7 Å². The molecule has 1 aliphatic heterocycles. The van der Waals surface area contributed by atoms with Gasteiger partial charge in [0, 0.05) is 6.54 Å². The summed E-state index contributed by atoms with van der Waals surface area (Å²) in [7, 11) is 0. The summed E-state index contributed by atoms with van der Waals surface area (Å²) in [5.74, 6) is -0.0957. The molecule has 0 spiro atoms. The summed E-state index contributed by atoms with van der Waals surface area (Å²) >= 11 is 0. The van der Waals surface area contributed by atoms with Crippen LogP contribution in [0, 0.1) is 0 Å². The quantitative estimate of drug-likeness (QED) is 0.802. The molecule has 1 unspecified atom stereocenters. The van der Waals surface area contributed by atoms with Gasteiger partial charge in [-0.05, 0) is 19.8 Å². The maximum absolute atomic E-state index is 11.7. The lowest BCUT2D eigenvalue weighted by atomic mass is 9.98. The van der Waals surface area contributed by atoms with Crippen molar-refractivity contribution < 1.29 is 14.3 Å². The van der Waals surface area contributed by atoms with E-state index in [1.807, 2.05) is 0 Å². The predicted octanol–water partition coefficient (Wildman–Crippen LogP) is 0.683. The van der Waals surface area contributed by atoms with Gasteiger partial charge in [-0.3, -0.25) is 9.59 Å². The molecule has 0 aromatic heterocycles. The normalized spacial score (nSPS) is 26.3. The third-order valence-corrected chi connectivity index (χ3v) is 3.82. The van der Waals surface area contributed by atoms with Gasteiger partial charge >= 0.3 is 0 Å². The molecule has 0 radical (unpaired) electrons. The topological polar surface area (TPSA) is 58.6 Å². The van der Waals surface area contributed by atoms with Crippen LogP contribution in [0.5, 0.6) is 0 Å². The van der Waals surface area contributed by atoms with E-state index in [0.717, 1.165) is 12.8 Å². The van der Waals surface area contributed by atoms with E-state index in [1.165, 1.54) is 19.3 Å². The summed E-state index contributed by atoms with van der Waals surface area (Å²) < 4.78 is 5.79. The molecular weight excluding hydrogens is 232 g/mol. The number of piperazine rings is 1. The van der Waals surface area contributed by atoms with Crippen LogP contribution in [0.3, 0.4) is 0 Å². The van der Waals surface area contributed by atoms with Crippen LogP contribution in [-0.4, -0.2) is 48.6 Å². The Morgan fingerprint density at radius 2 is 2.00 bits per heavy atom. The zero-order chi connectivity index (χ0) is 13.0. The highest BCUT2D eigenvalue weighted by atomic mass is 16.5. The molecule has 1 heterocycles. The molecule has 0 bridgehead atoms. The third kappa shape index (κ3) is 3.22. The monoisotopic (exact) mass is 254 g/mol. The van der Waals surface area contributed by atoms with Crippen molar-refractivity contribution in [1.29, 1.82) is 0 Å². The molecule has 1 saturated heterocycles. The Bertz CT molecular complexity index is 313. The van der Waals surface area contributed by atoms with Crippen LogP contribution in [0.25, 0.3) is 0 Å². The maximum atomic E-state index is 11.7. The average Bonchev–Trinajstić information content (AvgIpc) is 2.39. The molecule has 1 N–H and O–H groups in total.